The SMILES string of the molecule is CCCCCCCCC/C=C\CCCCCCCC(=O)OCC(COC(=O)CCCCCCCCCCCCCCCCC)OC(=O)CCCCCCCCCCCCCCCCCC. The lowest BCUT2D eigenvalue weighted by atomic mass is 10.0. The van der Waals surface area contributed by atoms with E-state index in [1.54, 1.807) is 0 Å². The summed E-state index contributed by atoms with van der Waals surface area (Å²) in [5.41, 5.74) is 0. The average molecular weight is 918 g/mol. The molecule has 65 heavy (non-hydrogen) atoms. The molecule has 0 rings (SSSR count). The second-order valence-electron chi connectivity index (χ2n) is 19.9. The molecule has 0 fully saturated rings. The van der Waals surface area contributed by atoms with Crippen molar-refractivity contribution in [3.05, 3.63) is 12.2 Å². The van der Waals surface area contributed by atoms with Crippen LogP contribution in [-0.2, 0) is 28.6 Å². The highest BCUT2D eigenvalue weighted by molar-refractivity contribution is 5.71. The van der Waals surface area contributed by atoms with E-state index in [1.807, 2.05) is 0 Å². The fourth-order valence-electron chi connectivity index (χ4n) is 8.85. The van der Waals surface area contributed by atoms with Crippen LogP contribution in [0.5, 0.6) is 0 Å². The van der Waals surface area contributed by atoms with Gasteiger partial charge in [0.25, 0.3) is 0 Å². The summed E-state index contributed by atoms with van der Waals surface area (Å²) < 4.78 is 16.9. The Labute approximate surface area is 405 Å². The van der Waals surface area contributed by atoms with Crippen LogP contribution in [0.2, 0.25) is 0 Å². The third-order valence-corrected chi connectivity index (χ3v) is 13.3. The van der Waals surface area contributed by atoms with Gasteiger partial charge < -0.3 is 14.2 Å². The maximum atomic E-state index is 12.8. The molecule has 0 bridgehead atoms. The summed E-state index contributed by atoms with van der Waals surface area (Å²) in [4.78, 5) is 38.1. The molecule has 0 saturated heterocycles. The van der Waals surface area contributed by atoms with Crippen molar-refractivity contribution in [1.29, 1.82) is 0 Å². The van der Waals surface area contributed by atoms with E-state index in [9.17, 15) is 14.4 Å². The summed E-state index contributed by atoms with van der Waals surface area (Å²) >= 11 is 0. The number of carbonyl (C=O) groups is 3. The normalized spacial score (nSPS) is 12.0. The summed E-state index contributed by atoms with van der Waals surface area (Å²) in [6.45, 7) is 6.69. The first-order chi connectivity index (χ1) is 32.0. The molecule has 0 heterocycles. The molecule has 1 unspecified atom stereocenters. The molecule has 0 amide bonds. The Morgan fingerprint density at radius 3 is 0.769 bits per heavy atom. The largest absolute Gasteiger partial charge is 0.462 e. The van der Waals surface area contributed by atoms with Gasteiger partial charge in [0.2, 0.25) is 0 Å². The Morgan fingerprint density at radius 1 is 0.292 bits per heavy atom. The molecule has 0 aromatic rings. The fraction of sp³-hybridized carbons (Fsp3) is 0.915. The number of hydrogen-bond acceptors (Lipinski definition) is 6. The molecule has 0 spiro atoms. The predicted molar refractivity (Wildman–Crippen MR) is 280 cm³/mol. The van der Waals surface area contributed by atoms with Gasteiger partial charge in [-0.25, -0.2) is 0 Å². The van der Waals surface area contributed by atoms with Gasteiger partial charge >= 0.3 is 17.9 Å². The Balaban J connectivity index is 4.32. The van der Waals surface area contributed by atoms with Gasteiger partial charge in [-0.05, 0) is 44.9 Å². The van der Waals surface area contributed by atoms with Crippen LogP contribution in [0.4, 0.5) is 0 Å². The zero-order chi connectivity index (χ0) is 47.2. The monoisotopic (exact) mass is 917 g/mol. The quantitative estimate of drug-likeness (QED) is 0.0262. The minimum Gasteiger partial charge on any atom is -0.462 e. The first-order valence-electron chi connectivity index (χ1n) is 29.2. The van der Waals surface area contributed by atoms with Crippen LogP contribution in [0.3, 0.4) is 0 Å². The van der Waals surface area contributed by atoms with E-state index in [4.69, 9.17) is 14.2 Å². The molecule has 0 aliphatic rings. The highest BCUT2D eigenvalue weighted by Gasteiger charge is 2.19. The third kappa shape index (κ3) is 53.0. The van der Waals surface area contributed by atoms with E-state index < -0.39 is 6.10 Å². The van der Waals surface area contributed by atoms with E-state index >= 15 is 0 Å². The molecule has 0 N–H and O–H groups in total. The number of unbranched alkanes of at least 4 members (excludes halogenated alkanes) is 41. The molecule has 0 aliphatic heterocycles. The van der Waals surface area contributed by atoms with Crippen molar-refractivity contribution < 1.29 is 28.6 Å². The molecule has 0 aromatic carbocycles. The van der Waals surface area contributed by atoms with Crippen molar-refractivity contribution in [2.45, 2.75) is 335 Å². The molecule has 384 valence electrons. The maximum absolute atomic E-state index is 12.8. The molecular weight excluding hydrogens is 805 g/mol. The van der Waals surface area contributed by atoms with Gasteiger partial charge in [0.1, 0.15) is 13.2 Å². The van der Waals surface area contributed by atoms with Gasteiger partial charge in [0, 0.05) is 19.3 Å². The summed E-state index contributed by atoms with van der Waals surface area (Å²) in [6, 6.07) is 0. The van der Waals surface area contributed by atoms with Crippen LogP contribution < -0.4 is 0 Å². The van der Waals surface area contributed by atoms with Gasteiger partial charge in [-0.1, -0.05) is 277 Å². The van der Waals surface area contributed by atoms with Crippen molar-refractivity contribution in [3.8, 4) is 0 Å². The predicted octanol–water partition coefficient (Wildman–Crippen LogP) is 19.3. The van der Waals surface area contributed by atoms with Crippen molar-refractivity contribution in [3.63, 3.8) is 0 Å². The highest BCUT2D eigenvalue weighted by Crippen LogP contribution is 2.17. The molecule has 6 nitrogen and oxygen atoms in total. The standard InChI is InChI=1S/C59H112O6/c1-4-7-10-13-16-19-22-25-28-31-34-37-40-43-46-49-52-58(61)64-55-56(54-63-57(60)51-48-45-42-39-36-33-30-27-24-21-18-15-12-9-6-3)65-59(62)53-50-47-44-41-38-35-32-29-26-23-20-17-14-11-8-5-2/h28,31,56H,4-27,29-30,32-55H2,1-3H3/b31-28-. The third-order valence-electron chi connectivity index (χ3n) is 13.3. The van der Waals surface area contributed by atoms with Crippen molar-refractivity contribution in [1.82, 2.24) is 0 Å². The Morgan fingerprint density at radius 2 is 0.508 bits per heavy atom. The summed E-state index contributed by atoms with van der Waals surface area (Å²) in [5, 5.41) is 0. The second-order valence-corrected chi connectivity index (χ2v) is 19.9. The zero-order valence-electron chi connectivity index (χ0n) is 44.0. The van der Waals surface area contributed by atoms with Gasteiger partial charge in [0.15, 0.2) is 6.10 Å². The lowest BCUT2D eigenvalue weighted by Crippen LogP contribution is -2.30. The summed E-state index contributed by atoms with van der Waals surface area (Å²) in [7, 11) is 0. The van der Waals surface area contributed by atoms with Crippen molar-refractivity contribution in [2.75, 3.05) is 13.2 Å². The number of esters is 3. The van der Waals surface area contributed by atoms with Crippen LogP contribution in [0.15, 0.2) is 12.2 Å². The van der Waals surface area contributed by atoms with E-state index in [1.165, 1.54) is 225 Å². The molecule has 1 atom stereocenters. The van der Waals surface area contributed by atoms with Crippen LogP contribution in [0.1, 0.15) is 329 Å². The van der Waals surface area contributed by atoms with E-state index in [0.29, 0.717) is 19.3 Å². The van der Waals surface area contributed by atoms with Crippen molar-refractivity contribution >= 4 is 17.9 Å². The highest BCUT2D eigenvalue weighted by atomic mass is 16.6. The number of ether oxygens (including phenoxy) is 3. The maximum Gasteiger partial charge on any atom is 0.306 e. The second kappa shape index (κ2) is 54.8. The smallest absolute Gasteiger partial charge is 0.306 e. The molecule has 6 heteroatoms. The summed E-state index contributed by atoms with van der Waals surface area (Å²) in [5.74, 6) is -0.850. The first kappa shape index (κ1) is 63.1. The zero-order valence-corrected chi connectivity index (χ0v) is 44.0. The van der Waals surface area contributed by atoms with Gasteiger partial charge in [-0.15, -0.1) is 0 Å². The molecule has 0 aliphatic carbocycles. The van der Waals surface area contributed by atoms with E-state index in [2.05, 4.69) is 32.9 Å². The Bertz CT molecular complexity index is 1010. The number of allylic oxidation sites excluding steroid dienone is 2. The molecule has 0 saturated carbocycles. The number of rotatable bonds is 54. The summed E-state index contributed by atoms with van der Waals surface area (Å²) in [6.07, 6.45) is 62.0. The topological polar surface area (TPSA) is 78.9 Å². The Hall–Kier alpha value is -1.85. The van der Waals surface area contributed by atoms with Gasteiger partial charge in [0.05, 0.1) is 0 Å². The van der Waals surface area contributed by atoms with Crippen LogP contribution >= 0.6 is 0 Å². The van der Waals surface area contributed by atoms with E-state index in [-0.39, 0.29) is 31.1 Å². The number of hydrogen-bond donors (Lipinski definition) is 0. The molecule has 0 radical (unpaired) electrons. The van der Waals surface area contributed by atoms with Gasteiger partial charge in [-0.2, -0.15) is 0 Å². The molecule has 0 aromatic heterocycles. The number of carbonyl (C=O) groups excluding carboxylic acids is 3. The average Bonchev–Trinajstić information content (AvgIpc) is 3.30. The Kier molecular flexibility index (Phi) is 53.2. The fourth-order valence-corrected chi connectivity index (χ4v) is 8.85. The van der Waals surface area contributed by atoms with Crippen LogP contribution in [0.25, 0.3) is 0 Å². The minimum absolute atomic E-state index is 0.0664. The lowest BCUT2D eigenvalue weighted by molar-refractivity contribution is -0.167. The van der Waals surface area contributed by atoms with Crippen molar-refractivity contribution in [2.24, 2.45) is 0 Å². The first-order valence-corrected chi connectivity index (χ1v) is 29.2. The lowest BCUT2D eigenvalue weighted by Gasteiger charge is -2.18. The van der Waals surface area contributed by atoms with Gasteiger partial charge in [-0.3, -0.25) is 14.4 Å². The van der Waals surface area contributed by atoms with Crippen LogP contribution in [0, 0.1) is 0 Å². The van der Waals surface area contributed by atoms with E-state index in [0.717, 1.165) is 64.2 Å². The van der Waals surface area contributed by atoms with Crippen LogP contribution in [-0.4, -0.2) is 37.2 Å². The molecular formula is C59H112O6. The minimum atomic E-state index is -0.767.